The molecular weight excluding hydrogens is 218 g/mol. The van der Waals surface area contributed by atoms with Crippen molar-refractivity contribution in [2.75, 3.05) is 0 Å². The van der Waals surface area contributed by atoms with E-state index >= 15 is 0 Å². The molecule has 18 heavy (non-hydrogen) atoms. The highest BCUT2D eigenvalue weighted by Crippen LogP contribution is 2.27. The van der Waals surface area contributed by atoms with Gasteiger partial charge in [-0.1, -0.05) is 47.5 Å². The van der Waals surface area contributed by atoms with Crippen molar-refractivity contribution in [3.8, 4) is 11.3 Å². The summed E-state index contributed by atoms with van der Waals surface area (Å²) in [7, 11) is 0. The Bertz CT molecular complexity index is 696. The van der Waals surface area contributed by atoms with Gasteiger partial charge in [0.1, 0.15) is 0 Å². The van der Waals surface area contributed by atoms with Crippen LogP contribution in [0.15, 0.2) is 54.7 Å². The third-order valence-electron chi connectivity index (χ3n) is 3.25. The zero-order valence-corrected chi connectivity index (χ0v) is 10.6. The van der Waals surface area contributed by atoms with Gasteiger partial charge >= 0.3 is 0 Å². The van der Waals surface area contributed by atoms with Crippen molar-refractivity contribution in [2.24, 2.45) is 0 Å². The Morgan fingerprint density at radius 3 is 2.28 bits per heavy atom. The third kappa shape index (κ3) is 1.88. The fourth-order valence-corrected chi connectivity index (χ4v) is 2.22. The summed E-state index contributed by atoms with van der Waals surface area (Å²) in [6.07, 6.45) is 1.88. The predicted octanol–water partition coefficient (Wildman–Crippen LogP) is 4.52. The number of aromatic nitrogens is 1. The van der Waals surface area contributed by atoms with E-state index in [0.29, 0.717) is 0 Å². The molecule has 0 atom stereocenters. The first-order valence-electron chi connectivity index (χ1n) is 6.16. The maximum Gasteiger partial charge on any atom is 0.0780 e. The summed E-state index contributed by atoms with van der Waals surface area (Å²) in [5.74, 6) is 0. The molecule has 0 saturated carbocycles. The smallest absolute Gasteiger partial charge is 0.0780 e. The summed E-state index contributed by atoms with van der Waals surface area (Å²) < 4.78 is 0. The van der Waals surface area contributed by atoms with Gasteiger partial charge in [0.25, 0.3) is 0 Å². The Labute approximate surface area is 107 Å². The van der Waals surface area contributed by atoms with Gasteiger partial charge in [-0.25, -0.2) is 0 Å². The highest BCUT2D eigenvalue weighted by atomic mass is 14.7. The first kappa shape index (κ1) is 11.0. The molecule has 0 radical (unpaired) electrons. The van der Waals surface area contributed by atoms with E-state index in [9.17, 15) is 0 Å². The van der Waals surface area contributed by atoms with Crippen LogP contribution in [0.3, 0.4) is 0 Å². The minimum atomic E-state index is 1.07. The lowest BCUT2D eigenvalue weighted by atomic mass is 10.0. The Balaban J connectivity index is 2.28. The van der Waals surface area contributed by atoms with E-state index in [2.05, 4.69) is 67.4 Å². The molecule has 1 heterocycles. The van der Waals surface area contributed by atoms with Crippen LogP contribution in [0.1, 0.15) is 11.1 Å². The molecule has 88 valence electrons. The van der Waals surface area contributed by atoms with Crippen LogP contribution < -0.4 is 0 Å². The van der Waals surface area contributed by atoms with E-state index < -0.39 is 0 Å². The number of pyridine rings is 1. The zero-order valence-electron chi connectivity index (χ0n) is 10.6. The molecule has 1 heteroatoms. The van der Waals surface area contributed by atoms with Crippen LogP contribution in [0, 0.1) is 13.8 Å². The highest BCUT2D eigenvalue weighted by Gasteiger charge is 2.05. The number of aryl methyl sites for hydroxylation is 2. The average Bonchev–Trinajstić information content (AvgIpc) is 2.39. The second-order valence-electron chi connectivity index (χ2n) is 4.75. The van der Waals surface area contributed by atoms with Crippen molar-refractivity contribution in [3.05, 3.63) is 65.9 Å². The molecule has 0 amide bonds. The first-order chi connectivity index (χ1) is 8.74. The number of hydrogen-bond donors (Lipinski definition) is 0. The molecule has 3 aromatic rings. The minimum absolute atomic E-state index is 1.07. The first-order valence-corrected chi connectivity index (χ1v) is 6.16. The number of nitrogens with zero attached hydrogens (tertiary/aromatic N) is 1. The van der Waals surface area contributed by atoms with E-state index in [1.54, 1.807) is 0 Å². The van der Waals surface area contributed by atoms with Gasteiger partial charge in [0.15, 0.2) is 0 Å². The largest absolute Gasteiger partial charge is 0.256 e. The topological polar surface area (TPSA) is 12.9 Å². The Kier molecular flexibility index (Phi) is 2.60. The molecule has 0 N–H and O–H groups in total. The van der Waals surface area contributed by atoms with Crippen molar-refractivity contribution < 1.29 is 0 Å². The van der Waals surface area contributed by atoms with Gasteiger partial charge in [0.2, 0.25) is 0 Å². The van der Waals surface area contributed by atoms with Gasteiger partial charge < -0.3 is 0 Å². The van der Waals surface area contributed by atoms with E-state index in [0.717, 1.165) is 5.69 Å². The number of rotatable bonds is 1. The second-order valence-corrected chi connectivity index (χ2v) is 4.75. The van der Waals surface area contributed by atoms with Crippen molar-refractivity contribution in [3.63, 3.8) is 0 Å². The van der Waals surface area contributed by atoms with Crippen LogP contribution in [0.4, 0.5) is 0 Å². The highest BCUT2D eigenvalue weighted by molar-refractivity contribution is 5.94. The number of fused-ring (bicyclic) bond motifs is 1. The fourth-order valence-electron chi connectivity index (χ4n) is 2.22. The summed E-state index contributed by atoms with van der Waals surface area (Å²) >= 11 is 0. The normalized spacial score (nSPS) is 10.8. The summed E-state index contributed by atoms with van der Waals surface area (Å²) in [6, 6.07) is 17.1. The number of benzene rings is 2. The Morgan fingerprint density at radius 1 is 0.778 bits per heavy atom. The van der Waals surface area contributed by atoms with Crippen LogP contribution in [0.2, 0.25) is 0 Å². The SMILES string of the molecule is Cc1ccc(-c2nccc3ccc(C)cc23)cc1. The lowest BCUT2D eigenvalue weighted by Crippen LogP contribution is -1.87. The number of hydrogen-bond acceptors (Lipinski definition) is 1. The van der Waals surface area contributed by atoms with Gasteiger partial charge in [-0.15, -0.1) is 0 Å². The van der Waals surface area contributed by atoms with Gasteiger partial charge in [-0.05, 0) is 31.4 Å². The van der Waals surface area contributed by atoms with E-state index in [1.165, 1.54) is 27.5 Å². The lowest BCUT2D eigenvalue weighted by Gasteiger charge is -2.07. The van der Waals surface area contributed by atoms with Crippen molar-refractivity contribution >= 4 is 10.8 Å². The average molecular weight is 233 g/mol. The molecule has 0 spiro atoms. The van der Waals surface area contributed by atoms with Gasteiger partial charge in [-0.2, -0.15) is 0 Å². The zero-order chi connectivity index (χ0) is 12.5. The molecule has 1 aromatic heterocycles. The molecule has 0 bridgehead atoms. The molecule has 0 aliphatic heterocycles. The summed E-state index contributed by atoms with van der Waals surface area (Å²) in [6.45, 7) is 4.22. The summed E-state index contributed by atoms with van der Waals surface area (Å²) in [4.78, 5) is 4.55. The summed E-state index contributed by atoms with van der Waals surface area (Å²) in [5, 5.41) is 2.47. The van der Waals surface area contributed by atoms with Crippen LogP contribution >= 0.6 is 0 Å². The quantitative estimate of drug-likeness (QED) is 0.602. The van der Waals surface area contributed by atoms with Crippen molar-refractivity contribution in [1.29, 1.82) is 0 Å². The molecule has 0 aliphatic carbocycles. The summed E-state index contributed by atoms with van der Waals surface area (Å²) in [5.41, 5.74) is 4.78. The molecule has 1 nitrogen and oxygen atoms in total. The molecule has 0 unspecified atom stereocenters. The van der Waals surface area contributed by atoms with Crippen molar-refractivity contribution in [1.82, 2.24) is 4.98 Å². The Hall–Kier alpha value is -2.15. The second kappa shape index (κ2) is 4.26. The fraction of sp³-hybridized carbons (Fsp3) is 0.118. The maximum absolute atomic E-state index is 4.55. The maximum atomic E-state index is 4.55. The molecule has 0 fully saturated rings. The van der Waals surface area contributed by atoms with E-state index in [1.807, 2.05) is 6.20 Å². The molecule has 2 aromatic carbocycles. The van der Waals surface area contributed by atoms with Crippen LogP contribution in [-0.4, -0.2) is 4.98 Å². The lowest BCUT2D eigenvalue weighted by molar-refractivity contribution is 1.34. The standard InChI is InChI=1S/C17H15N/c1-12-3-7-15(8-4-12)17-16-11-13(2)5-6-14(16)9-10-18-17/h3-11H,1-2H3. The molecule has 3 rings (SSSR count). The van der Waals surface area contributed by atoms with Gasteiger partial charge in [0.05, 0.1) is 5.69 Å². The van der Waals surface area contributed by atoms with Crippen molar-refractivity contribution in [2.45, 2.75) is 13.8 Å². The molecule has 0 saturated heterocycles. The predicted molar refractivity (Wildman–Crippen MR) is 76.7 cm³/mol. The van der Waals surface area contributed by atoms with Crippen LogP contribution in [0.25, 0.3) is 22.0 Å². The Morgan fingerprint density at radius 2 is 1.50 bits per heavy atom. The van der Waals surface area contributed by atoms with Crippen LogP contribution in [-0.2, 0) is 0 Å². The van der Waals surface area contributed by atoms with E-state index in [-0.39, 0.29) is 0 Å². The monoisotopic (exact) mass is 233 g/mol. The van der Waals surface area contributed by atoms with Crippen LogP contribution in [0.5, 0.6) is 0 Å². The molecule has 0 aliphatic rings. The minimum Gasteiger partial charge on any atom is -0.256 e. The molecular formula is C17H15N. The van der Waals surface area contributed by atoms with E-state index in [4.69, 9.17) is 0 Å². The third-order valence-corrected chi connectivity index (χ3v) is 3.25. The van der Waals surface area contributed by atoms with Gasteiger partial charge in [0, 0.05) is 17.1 Å². The van der Waals surface area contributed by atoms with Gasteiger partial charge in [-0.3, -0.25) is 4.98 Å².